The molecule has 2 heterocycles. The topological polar surface area (TPSA) is 59.9 Å². The lowest BCUT2D eigenvalue weighted by Crippen LogP contribution is -2.36. The number of hydrazone groups is 1. The third-order valence-corrected chi connectivity index (χ3v) is 4.52. The summed E-state index contributed by atoms with van der Waals surface area (Å²) in [6.07, 6.45) is 5.94. The van der Waals surface area contributed by atoms with Crippen LogP contribution in [0, 0.1) is 0 Å². The molecule has 23 heavy (non-hydrogen) atoms. The highest BCUT2D eigenvalue weighted by Gasteiger charge is 2.27. The number of aryl methyl sites for hydroxylation is 1. The SMILES string of the molecule is CC(C)NC(=S)N/N=C/c1cc2c3c(c1O)CCCN3CCC2. The van der Waals surface area contributed by atoms with E-state index in [0.717, 1.165) is 43.5 Å². The summed E-state index contributed by atoms with van der Waals surface area (Å²) in [5.41, 5.74) is 7.24. The smallest absolute Gasteiger partial charge is 0.187 e. The summed E-state index contributed by atoms with van der Waals surface area (Å²) in [6, 6.07) is 2.33. The van der Waals surface area contributed by atoms with E-state index in [4.69, 9.17) is 12.2 Å². The van der Waals surface area contributed by atoms with Crippen molar-refractivity contribution >= 4 is 29.2 Å². The van der Waals surface area contributed by atoms with Gasteiger partial charge in [-0.05, 0) is 63.4 Å². The Morgan fingerprint density at radius 2 is 2.09 bits per heavy atom. The molecule has 1 aromatic rings. The molecule has 0 saturated heterocycles. The van der Waals surface area contributed by atoms with E-state index in [-0.39, 0.29) is 6.04 Å². The highest BCUT2D eigenvalue weighted by atomic mass is 32.1. The van der Waals surface area contributed by atoms with Gasteiger partial charge in [-0.15, -0.1) is 0 Å². The van der Waals surface area contributed by atoms with Crippen LogP contribution in [0.1, 0.15) is 43.4 Å². The maximum Gasteiger partial charge on any atom is 0.187 e. The van der Waals surface area contributed by atoms with Crippen LogP contribution in [-0.2, 0) is 12.8 Å². The fourth-order valence-electron chi connectivity index (χ4n) is 3.42. The summed E-state index contributed by atoms with van der Waals surface area (Å²) in [5, 5.41) is 18.3. The summed E-state index contributed by atoms with van der Waals surface area (Å²) < 4.78 is 0. The second-order valence-corrected chi connectivity index (χ2v) is 6.90. The van der Waals surface area contributed by atoms with Crippen LogP contribution in [0.2, 0.25) is 0 Å². The number of hydrogen-bond donors (Lipinski definition) is 3. The van der Waals surface area contributed by atoms with Crippen LogP contribution in [0.5, 0.6) is 5.75 Å². The van der Waals surface area contributed by atoms with Crippen molar-refractivity contribution in [3.8, 4) is 5.75 Å². The largest absolute Gasteiger partial charge is 0.507 e. The molecule has 0 atom stereocenters. The van der Waals surface area contributed by atoms with Crippen molar-refractivity contribution in [1.82, 2.24) is 10.7 Å². The van der Waals surface area contributed by atoms with Gasteiger partial charge in [0.1, 0.15) is 5.75 Å². The maximum absolute atomic E-state index is 10.6. The molecule has 0 aliphatic carbocycles. The summed E-state index contributed by atoms with van der Waals surface area (Å²) in [6.45, 7) is 6.24. The highest BCUT2D eigenvalue weighted by molar-refractivity contribution is 7.80. The van der Waals surface area contributed by atoms with Gasteiger partial charge in [-0.1, -0.05) is 0 Å². The Labute approximate surface area is 142 Å². The number of nitrogens with zero attached hydrogens (tertiary/aromatic N) is 2. The molecule has 3 N–H and O–H groups in total. The van der Waals surface area contributed by atoms with Crippen molar-refractivity contribution in [2.45, 2.75) is 45.6 Å². The lowest BCUT2D eigenvalue weighted by Gasteiger charge is -2.37. The van der Waals surface area contributed by atoms with Crippen LogP contribution >= 0.6 is 12.2 Å². The molecule has 124 valence electrons. The Bertz CT molecular complexity index is 640. The van der Waals surface area contributed by atoms with E-state index in [1.54, 1.807) is 6.21 Å². The number of benzene rings is 1. The molecule has 0 fully saturated rings. The van der Waals surface area contributed by atoms with Crippen LogP contribution < -0.4 is 15.6 Å². The molecule has 0 radical (unpaired) electrons. The van der Waals surface area contributed by atoms with E-state index in [9.17, 15) is 5.11 Å². The van der Waals surface area contributed by atoms with Crippen molar-refractivity contribution in [3.63, 3.8) is 0 Å². The summed E-state index contributed by atoms with van der Waals surface area (Å²) >= 11 is 5.14. The van der Waals surface area contributed by atoms with E-state index in [0.29, 0.717) is 10.9 Å². The maximum atomic E-state index is 10.6. The normalized spacial score (nSPS) is 16.6. The average Bonchev–Trinajstić information content (AvgIpc) is 2.51. The number of nitrogens with one attached hydrogen (secondary N) is 2. The van der Waals surface area contributed by atoms with Gasteiger partial charge in [-0.3, -0.25) is 5.43 Å². The zero-order chi connectivity index (χ0) is 16.4. The van der Waals surface area contributed by atoms with Crippen LogP contribution in [0.25, 0.3) is 0 Å². The number of phenols is 1. The molecule has 2 aliphatic rings. The molecule has 1 aromatic carbocycles. The fourth-order valence-corrected chi connectivity index (χ4v) is 3.71. The Kier molecular flexibility index (Phi) is 4.71. The minimum atomic E-state index is 0.262. The number of aromatic hydroxyl groups is 1. The van der Waals surface area contributed by atoms with Gasteiger partial charge in [-0.25, -0.2) is 0 Å². The second kappa shape index (κ2) is 6.74. The first kappa shape index (κ1) is 16.1. The minimum absolute atomic E-state index is 0.262. The number of anilines is 1. The van der Waals surface area contributed by atoms with Gasteiger partial charge < -0.3 is 15.3 Å². The van der Waals surface area contributed by atoms with Gasteiger partial charge in [0, 0.05) is 35.9 Å². The molecular formula is C17H24N4OS. The van der Waals surface area contributed by atoms with Gasteiger partial charge >= 0.3 is 0 Å². The molecule has 2 aliphatic heterocycles. The van der Waals surface area contributed by atoms with Gasteiger partial charge in [-0.2, -0.15) is 5.10 Å². The molecule has 0 amide bonds. The van der Waals surface area contributed by atoms with Gasteiger partial charge in [0.25, 0.3) is 0 Å². The lowest BCUT2D eigenvalue weighted by molar-refractivity contribution is 0.461. The van der Waals surface area contributed by atoms with Crippen molar-refractivity contribution in [2.24, 2.45) is 5.10 Å². The Hall–Kier alpha value is -1.82. The molecule has 6 heteroatoms. The molecule has 0 aromatic heterocycles. The molecule has 0 bridgehead atoms. The zero-order valence-corrected chi connectivity index (χ0v) is 14.5. The average molecular weight is 332 g/mol. The van der Waals surface area contributed by atoms with E-state index in [1.807, 2.05) is 13.8 Å². The van der Waals surface area contributed by atoms with Gasteiger partial charge in [0.15, 0.2) is 5.11 Å². The summed E-state index contributed by atoms with van der Waals surface area (Å²) in [7, 11) is 0. The molecule has 5 nitrogen and oxygen atoms in total. The predicted octanol–water partition coefficient (Wildman–Crippen LogP) is 2.30. The van der Waals surface area contributed by atoms with Gasteiger partial charge in [0.05, 0.1) is 6.21 Å². The van der Waals surface area contributed by atoms with E-state index in [2.05, 4.69) is 26.8 Å². The highest BCUT2D eigenvalue weighted by Crippen LogP contribution is 2.41. The number of phenolic OH excluding ortho intramolecular Hbond substituents is 1. The number of rotatable bonds is 3. The van der Waals surface area contributed by atoms with Crippen molar-refractivity contribution in [3.05, 3.63) is 22.8 Å². The van der Waals surface area contributed by atoms with Crippen molar-refractivity contribution < 1.29 is 5.11 Å². The zero-order valence-electron chi connectivity index (χ0n) is 13.7. The quantitative estimate of drug-likeness (QED) is 0.450. The third-order valence-electron chi connectivity index (χ3n) is 4.31. The Morgan fingerprint density at radius 1 is 1.35 bits per heavy atom. The molecule has 0 saturated carbocycles. The van der Waals surface area contributed by atoms with Crippen LogP contribution in [-0.4, -0.2) is 35.6 Å². The first-order chi connectivity index (χ1) is 11.1. The summed E-state index contributed by atoms with van der Waals surface area (Å²) in [5.74, 6) is 0.364. The molecule has 0 spiro atoms. The van der Waals surface area contributed by atoms with Crippen LogP contribution in [0.3, 0.4) is 0 Å². The predicted molar refractivity (Wildman–Crippen MR) is 98.6 cm³/mol. The molecule has 3 rings (SSSR count). The minimum Gasteiger partial charge on any atom is -0.507 e. The van der Waals surface area contributed by atoms with E-state index in [1.165, 1.54) is 17.7 Å². The lowest BCUT2D eigenvalue weighted by atomic mass is 9.89. The van der Waals surface area contributed by atoms with Crippen LogP contribution in [0.4, 0.5) is 5.69 Å². The number of hydrogen-bond acceptors (Lipinski definition) is 4. The monoisotopic (exact) mass is 332 g/mol. The molecular weight excluding hydrogens is 308 g/mol. The standard InChI is InChI=1S/C17H24N4OS/c1-11(2)19-17(23)20-18-10-13-9-12-5-3-7-21-8-4-6-14(15(12)21)16(13)22/h9-11,22H,3-8H2,1-2H3,(H2,19,20,23)/b18-10+. The first-order valence-corrected chi connectivity index (χ1v) is 8.69. The Morgan fingerprint density at radius 3 is 2.83 bits per heavy atom. The van der Waals surface area contributed by atoms with Crippen molar-refractivity contribution in [2.75, 3.05) is 18.0 Å². The van der Waals surface area contributed by atoms with Crippen LogP contribution in [0.15, 0.2) is 11.2 Å². The van der Waals surface area contributed by atoms with Crippen molar-refractivity contribution in [1.29, 1.82) is 0 Å². The second-order valence-electron chi connectivity index (χ2n) is 6.49. The molecule has 0 unspecified atom stereocenters. The van der Waals surface area contributed by atoms with Gasteiger partial charge in [0.2, 0.25) is 0 Å². The third kappa shape index (κ3) is 3.42. The Balaban J connectivity index is 1.82. The fraction of sp³-hybridized carbons (Fsp3) is 0.529. The van der Waals surface area contributed by atoms with E-state index < -0.39 is 0 Å². The first-order valence-electron chi connectivity index (χ1n) is 8.28. The summed E-state index contributed by atoms with van der Waals surface area (Å²) in [4.78, 5) is 2.41. The number of thiocarbonyl (C=S) groups is 1. The van der Waals surface area contributed by atoms with E-state index >= 15 is 0 Å².